The van der Waals surface area contributed by atoms with E-state index in [1.807, 2.05) is 40.7 Å². The number of carbonyl (C=O) groups is 2. The van der Waals surface area contributed by atoms with Crippen LogP contribution in [0.1, 0.15) is 76.1 Å². The van der Waals surface area contributed by atoms with E-state index in [0.717, 1.165) is 72.6 Å². The summed E-state index contributed by atoms with van der Waals surface area (Å²) in [7, 11) is 3.19. The van der Waals surface area contributed by atoms with Crippen molar-refractivity contribution in [2.45, 2.75) is 63.6 Å². The van der Waals surface area contributed by atoms with E-state index in [4.69, 9.17) is 18.9 Å². The van der Waals surface area contributed by atoms with Gasteiger partial charge in [-0.05, 0) is 85.1 Å². The fourth-order valence-electron chi connectivity index (χ4n) is 7.83. The summed E-state index contributed by atoms with van der Waals surface area (Å²) in [6, 6.07) is 9.59. The third-order valence-electron chi connectivity index (χ3n) is 10.8. The maximum absolute atomic E-state index is 13.7. The molecule has 2 fully saturated rings. The topological polar surface area (TPSA) is 122 Å². The standard InChI is InChI=1S/C38H44N4O7S/c1-46-32-12-28-30(39-17-25-10-23(19-41(25)36(28)44)24-11-27(20-43)50-21-24)14-34(32)48-8-4-3-5-9-49-35-15-31-29(13-33(35)47-2)37(45)42-22-38(6-7-38)16-26(42)18-40-31/h11-15,19,21,25-26,39-40,43H,3-10,16-18,20,22H2,1-2H3/t25-,26-/m0/s1. The van der Waals surface area contributed by atoms with E-state index < -0.39 is 0 Å². The van der Waals surface area contributed by atoms with Crippen molar-refractivity contribution < 1.29 is 33.6 Å². The molecule has 12 heteroatoms. The first-order valence-electron chi connectivity index (χ1n) is 17.6. The van der Waals surface area contributed by atoms with Crippen LogP contribution in [0, 0.1) is 5.41 Å². The van der Waals surface area contributed by atoms with Gasteiger partial charge in [0.05, 0.1) is 62.6 Å². The number of thiophene rings is 1. The molecule has 0 unspecified atom stereocenters. The number of carbonyl (C=O) groups excluding carboxylic acids is 2. The molecule has 3 N–H and O–H groups in total. The zero-order chi connectivity index (χ0) is 34.4. The van der Waals surface area contributed by atoms with Gasteiger partial charge < -0.3 is 44.5 Å². The minimum Gasteiger partial charge on any atom is -0.493 e. The SMILES string of the molecule is COc1cc2c(cc1OCCCCCOc1cc3c(cc1OC)C(=O)N1CC4(CC4)C[C@H]1CN3)NC[C@@H]1CC(c3csc(CO)c3)=CN1C2=O. The minimum absolute atomic E-state index is 0.00273. The lowest BCUT2D eigenvalue weighted by Crippen LogP contribution is -2.37. The molecule has 264 valence electrons. The van der Waals surface area contributed by atoms with Crippen LogP contribution in [0.3, 0.4) is 0 Å². The zero-order valence-corrected chi connectivity index (χ0v) is 29.4. The number of unbranched alkanes of at least 4 members (excludes halogenated alkanes) is 2. The molecular formula is C38H44N4O7S. The van der Waals surface area contributed by atoms with Gasteiger partial charge in [0.15, 0.2) is 23.0 Å². The third-order valence-corrected chi connectivity index (χ3v) is 11.7. The van der Waals surface area contributed by atoms with E-state index in [1.54, 1.807) is 20.3 Å². The Kier molecular flexibility index (Phi) is 8.76. The molecule has 3 aromatic rings. The van der Waals surface area contributed by atoms with Crippen LogP contribution >= 0.6 is 11.3 Å². The number of fused-ring (bicyclic) bond motifs is 4. The fourth-order valence-corrected chi connectivity index (χ4v) is 8.59. The molecule has 2 aromatic carbocycles. The molecule has 50 heavy (non-hydrogen) atoms. The van der Waals surface area contributed by atoms with Crippen molar-refractivity contribution in [2.24, 2.45) is 5.41 Å². The van der Waals surface area contributed by atoms with Gasteiger partial charge in [-0.15, -0.1) is 11.3 Å². The van der Waals surface area contributed by atoms with Crippen molar-refractivity contribution in [3.8, 4) is 23.0 Å². The summed E-state index contributed by atoms with van der Waals surface area (Å²) >= 11 is 1.53. The Bertz CT molecular complexity index is 1840. The van der Waals surface area contributed by atoms with Gasteiger partial charge in [-0.25, -0.2) is 0 Å². The van der Waals surface area contributed by atoms with E-state index in [1.165, 1.54) is 24.2 Å². The summed E-state index contributed by atoms with van der Waals surface area (Å²) < 4.78 is 23.6. The Morgan fingerprint density at radius 1 is 0.840 bits per heavy atom. The average molecular weight is 701 g/mol. The lowest BCUT2D eigenvalue weighted by Gasteiger charge is -2.21. The second kappa shape index (κ2) is 13.4. The van der Waals surface area contributed by atoms with E-state index in [0.29, 0.717) is 59.3 Å². The van der Waals surface area contributed by atoms with E-state index >= 15 is 0 Å². The van der Waals surface area contributed by atoms with Crippen LogP contribution in [-0.2, 0) is 6.61 Å². The molecular weight excluding hydrogens is 657 g/mol. The number of anilines is 2. The number of hydrogen-bond donors (Lipinski definition) is 3. The van der Waals surface area contributed by atoms with E-state index in [9.17, 15) is 14.7 Å². The number of nitrogens with zero attached hydrogens (tertiary/aromatic N) is 2. The van der Waals surface area contributed by atoms with Crippen LogP contribution in [0.4, 0.5) is 11.4 Å². The molecule has 0 bridgehead atoms. The summed E-state index contributed by atoms with van der Waals surface area (Å²) in [6.07, 6.45) is 8.76. The van der Waals surface area contributed by atoms with Gasteiger partial charge in [-0.3, -0.25) is 9.59 Å². The summed E-state index contributed by atoms with van der Waals surface area (Å²) in [5, 5.41) is 18.5. The second-order valence-corrected chi connectivity index (χ2v) is 15.1. The first-order chi connectivity index (χ1) is 24.4. The number of nitrogens with one attached hydrogen (secondary N) is 2. The number of amides is 2. The highest BCUT2D eigenvalue weighted by atomic mass is 32.1. The highest BCUT2D eigenvalue weighted by molar-refractivity contribution is 7.10. The van der Waals surface area contributed by atoms with Crippen molar-refractivity contribution in [2.75, 3.05) is 57.7 Å². The number of aliphatic hydroxyl groups excluding tert-OH is 1. The molecule has 11 nitrogen and oxygen atoms in total. The Labute approximate surface area is 296 Å². The van der Waals surface area contributed by atoms with Gasteiger partial charge >= 0.3 is 0 Å². The molecule has 1 spiro atoms. The van der Waals surface area contributed by atoms with Crippen molar-refractivity contribution >= 4 is 40.1 Å². The van der Waals surface area contributed by atoms with Crippen LogP contribution in [0.5, 0.6) is 23.0 Å². The molecule has 2 atom stereocenters. The molecule has 5 heterocycles. The largest absolute Gasteiger partial charge is 0.493 e. The molecule has 5 aliphatic rings. The predicted octanol–water partition coefficient (Wildman–Crippen LogP) is 5.99. The third kappa shape index (κ3) is 6.12. The average Bonchev–Trinajstić information content (AvgIpc) is 3.44. The van der Waals surface area contributed by atoms with Gasteiger partial charge in [-0.2, -0.15) is 0 Å². The van der Waals surface area contributed by atoms with Gasteiger partial charge in [0, 0.05) is 48.9 Å². The van der Waals surface area contributed by atoms with Crippen molar-refractivity contribution in [1.82, 2.24) is 9.80 Å². The van der Waals surface area contributed by atoms with Crippen molar-refractivity contribution in [3.63, 3.8) is 0 Å². The molecule has 4 aliphatic heterocycles. The van der Waals surface area contributed by atoms with Crippen molar-refractivity contribution in [1.29, 1.82) is 0 Å². The van der Waals surface area contributed by atoms with Crippen LogP contribution in [0.2, 0.25) is 0 Å². The number of methoxy groups -OCH3 is 2. The molecule has 0 radical (unpaired) electrons. The predicted molar refractivity (Wildman–Crippen MR) is 192 cm³/mol. The Morgan fingerprint density at radius 3 is 2.08 bits per heavy atom. The summed E-state index contributed by atoms with van der Waals surface area (Å²) in [5.41, 5.74) is 5.26. The highest BCUT2D eigenvalue weighted by Crippen LogP contribution is 2.55. The van der Waals surface area contributed by atoms with Crippen LogP contribution < -0.4 is 29.6 Å². The first-order valence-corrected chi connectivity index (χ1v) is 18.5. The first kappa shape index (κ1) is 32.8. The lowest BCUT2D eigenvalue weighted by molar-refractivity contribution is 0.0743. The van der Waals surface area contributed by atoms with Gasteiger partial charge in [0.2, 0.25) is 0 Å². The summed E-state index contributed by atoms with van der Waals surface area (Å²) in [4.78, 5) is 31.9. The monoisotopic (exact) mass is 700 g/mol. The summed E-state index contributed by atoms with van der Waals surface area (Å²) in [6.45, 7) is 3.26. The van der Waals surface area contributed by atoms with Crippen LogP contribution in [-0.4, -0.2) is 85.9 Å². The number of ether oxygens (including phenoxy) is 4. The van der Waals surface area contributed by atoms with Gasteiger partial charge in [-0.1, -0.05) is 0 Å². The normalized spacial score (nSPS) is 21.2. The second-order valence-electron chi connectivity index (χ2n) is 14.1. The molecule has 1 saturated carbocycles. The Hall–Kier alpha value is -4.42. The zero-order valence-electron chi connectivity index (χ0n) is 28.6. The Morgan fingerprint density at radius 2 is 1.48 bits per heavy atom. The molecule has 1 aliphatic carbocycles. The Balaban J connectivity index is 0.841. The molecule has 2 amide bonds. The van der Waals surface area contributed by atoms with E-state index in [-0.39, 0.29) is 30.5 Å². The quantitative estimate of drug-likeness (QED) is 0.196. The lowest BCUT2D eigenvalue weighted by atomic mass is 10.0. The van der Waals surface area contributed by atoms with E-state index in [2.05, 4.69) is 15.5 Å². The highest BCUT2D eigenvalue weighted by Gasteiger charge is 2.54. The maximum atomic E-state index is 13.7. The van der Waals surface area contributed by atoms with Gasteiger partial charge in [0.1, 0.15) is 0 Å². The van der Waals surface area contributed by atoms with Gasteiger partial charge in [0.25, 0.3) is 11.8 Å². The number of rotatable bonds is 12. The molecule has 1 saturated heterocycles. The van der Waals surface area contributed by atoms with Crippen molar-refractivity contribution in [3.05, 3.63) is 63.5 Å². The number of benzene rings is 2. The maximum Gasteiger partial charge on any atom is 0.260 e. The van der Waals surface area contributed by atoms with Crippen LogP contribution in [0.25, 0.3) is 5.57 Å². The fraction of sp³-hybridized carbons (Fsp3) is 0.474. The molecule has 8 rings (SSSR count). The minimum atomic E-state index is -0.0761. The smallest absolute Gasteiger partial charge is 0.260 e. The summed E-state index contributed by atoms with van der Waals surface area (Å²) in [5.74, 6) is 2.32. The number of hydrogen-bond acceptors (Lipinski definition) is 10. The van der Waals surface area contributed by atoms with Crippen LogP contribution in [0.15, 0.2) is 41.9 Å². The number of aliphatic hydroxyl groups is 1. The molecule has 1 aromatic heterocycles.